The van der Waals surface area contributed by atoms with Gasteiger partial charge in [0.1, 0.15) is 23.7 Å². The van der Waals surface area contributed by atoms with Crippen molar-refractivity contribution in [2.45, 2.75) is 46.1 Å². The van der Waals surface area contributed by atoms with Crippen LogP contribution >= 0.6 is 11.3 Å². The lowest BCUT2D eigenvalue weighted by Gasteiger charge is -2.15. The lowest BCUT2D eigenvalue weighted by Crippen LogP contribution is -2.06. The van der Waals surface area contributed by atoms with Crippen molar-refractivity contribution in [3.8, 4) is 17.0 Å². The van der Waals surface area contributed by atoms with Crippen molar-refractivity contribution < 1.29 is 19.1 Å². The van der Waals surface area contributed by atoms with E-state index in [-0.39, 0.29) is 12.4 Å². The number of carbonyl (C=O) groups excluding carboxylic acids is 2. The maximum atomic E-state index is 12.2. The molecule has 7 heteroatoms. The van der Waals surface area contributed by atoms with Crippen molar-refractivity contribution in [2.24, 2.45) is 0 Å². The van der Waals surface area contributed by atoms with Crippen molar-refractivity contribution in [3.63, 3.8) is 0 Å². The standard InChI is InChI=1S/C27H28N2O4S/c1-4-18(3)20-11-12-24(33-17-19-9-7-6-8-10-19)22(13-20)26-23(16-30)29-15-21(34-27(29)28-26)14-25(31)32-5-2/h6-13,15-16,18H,4-5,14,17H2,1-3H3. The molecule has 2 aromatic carbocycles. The maximum absolute atomic E-state index is 12.2. The second kappa shape index (κ2) is 10.7. The third-order valence-corrected chi connectivity index (χ3v) is 6.81. The summed E-state index contributed by atoms with van der Waals surface area (Å²) in [7, 11) is 0. The van der Waals surface area contributed by atoms with Gasteiger partial charge in [0.15, 0.2) is 11.2 Å². The molecule has 176 valence electrons. The summed E-state index contributed by atoms with van der Waals surface area (Å²) < 4.78 is 13.0. The van der Waals surface area contributed by atoms with Gasteiger partial charge in [0, 0.05) is 16.6 Å². The van der Waals surface area contributed by atoms with E-state index in [0.29, 0.717) is 41.2 Å². The lowest BCUT2D eigenvalue weighted by atomic mass is 9.95. The van der Waals surface area contributed by atoms with Crippen molar-refractivity contribution in [1.29, 1.82) is 0 Å². The third kappa shape index (κ3) is 5.04. The summed E-state index contributed by atoms with van der Waals surface area (Å²) in [6.07, 6.45) is 3.76. The summed E-state index contributed by atoms with van der Waals surface area (Å²) in [5, 5.41) is 0. The Morgan fingerprint density at radius 3 is 2.68 bits per heavy atom. The normalized spacial score (nSPS) is 12.0. The van der Waals surface area contributed by atoms with Gasteiger partial charge >= 0.3 is 5.97 Å². The average Bonchev–Trinajstić information content (AvgIpc) is 3.39. The van der Waals surface area contributed by atoms with Gasteiger partial charge in [-0.1, -0.05) is 50.2 Å². The molecule has 0 saturated carbocycles. The fourth-order valence-electron chi connectivity index (χ4n) is 3.79. The number of hydrogen-bond donors (Lipinski definition) is 0. The molecule has 0 aliphatic carbocycles. The van der Waals surface area contributed by atoms with E-state index in [4.69, 9.17) is 14.5 Å². The van der Waals surface area contributed by atoms with Gasteiger partial charge in [-0.05, 0) is 42.5 Å². The summed E-state index contributed by atoms with van der Waals surface area (Å²) in [6.45, 7) is 6.86. The summed E-state index contributed by atoms with van der Waals surface area (Å²) in [6, 6.07) is 16.1. The van der Waals surface area contributed by atoms with Gasteiger partial charge in [0.05, 0.1) is 13.0 Å². The van der Waals surface area contributed by atoms with Crippen LogP contribution in [0.15, 0.2) is 54.7 Å². The topological polar surface area (TPSA) is 69.9 Å². The second-order valence-corrected chi connectivity index (χ2v) is 9.23. The Hall–Kier alpha value is -3.45. The van der Waals surface area contributed by atoms with E-state index in [9.17, 15) is 9.59 Å². The predicted molar refractivity (Wildman–Crippen MR) is 134 cm³/mol. The van der Waals surface area contributed by atoms with Crippen LogP contribution in [0.4, 0.5) is 0 Å². The number of ether oxygens (including phenoxy) is 2. The number of nitrogens with zero attached hydrogens (tertiary/aromatic N) is 2. The first-order valence-electron chi connectivity index (χ1n) is 11.5. The summed E-state index contributed by atoms with van der Waals surface area (Å²) in [5.41, 5.74) is 4.04. The molecule has 2 heterocycles. The number of fused-ring (bicyclic) bond motifs is 1. The Bertz CT molecular complexity index is 1290. The van der Waals surface area contributed by atoms with Gasteiger partial charge in [-0.3, -0.25) is 14.0 Å². The van der Waals surface area contributed by atoms with Gasteiger partial charge in [0.2, 0.25) is 0 Å². The van der Waals surface area contributed by atoms with Crippen molar-refractivity contribution in [2.75, 3.05) is 6.61 Å². The van der Waals surface area contributed by atoms with Crippen molar-refractivity contribution in [3.05, 3.63) is 76.4 Å². The molecule has 2 aromatic heterocycles. The van der Waals surface area contributed by atoms with E-state index in [1.807, 2.05) is 36.4 Å². The number of imidazole rings is 1. The zero-order valence-corrected chi connectivity index (χ0v) is 20.4. The number of rotatable bonds is 10. The van der Waals surface area contributed by atoms with Gasteiger partial charge in [-0.15, -0.1) is 11.3 Å². The van der Waals surface area contributed by atoms with E-state index >= 15 is 0 Å². The Labute approximate surface area is 203 Å². The smallest absolute Gasteiger partial charge is 0.311 e. The number of benzene rings is 2. The highest BCUT2D eigenvalue weighted by Gasteiger charge is 2.21. The quantitative estimate of drug-likeness (QED) is 0.205. The Kier molecular flexibility index (Phi) is 7.43. The molecular formula is C27H28N2O4S. The molecule has 1 atom stereocenters. The van der Waals surface area contributed by atoms with Crippen LogP contribution in [0.2, 0.25) is 0 Å². The Morgan fingerprint density at radius 2 is 1.97 bits per heavy atom. The van der Waals surface area contributed by atoms with Gasteiger partial charge in [0.25, 0.3) is 0 Å². The van der Waals surface area contributed by atoms with Gasteiger partial charge in [-0.25, -0.2) is 4.98 Å². The van der Waals surface area contributed by atoms with Gasteiger partial charge in [-0.2, -0.15) is 0 Å². The van der Waals surface area contributed by atoms with Crippen LogP contribution in [-0.4, -0.2) is 28.2 Å². The third-order valence-electron chi connectivity index (χ3n) is 5.82. The molecule has 34 heavy (non-hydrogen) atoms. The molecule has 6 nitrogen and oxygen atoms in total. The largest absolute Gasteiger partial charge is 0.488 e. The number of thiazole rings is 1. The fourth-order valence-corrected chi connectivity index (χ4v) is 4.76. The minimum Gasteiger partial charge on any atom is -0.488 e. The number of carbonyl (C=O) groups is 2. The minimum atomic E-state index is -0.294. The molecule has 0 spiro atoms. The Morgan fingerprint density at radius 1 is 1.18 bits per heavy atom. The van der Waals surface area contributed by atoms with E-state index in [2.05, 4.69) is 26.0 Å². The molecule has 0 fully saturated rings. The van der Waals surface area contributed by atoms with Crippen molar-refractivity contribution >= 4 is 28.6 Å². The molecule has 0 aliphatic rings. The number of esters is 1. The van der Waals surface area contributed by atoms with E-state index < -0.39 is 0 Å². The molecule has 1 unspecified atom stereocenters. The molecule has 0 radical (unpaired) electrons. The highest BCUT2D eigenvalue weighted by atomic mass is 32.1. The molecule has 4 rings (SSSR count). The van der Waals surface area contributed by atoms with Crippen LogP contribution in [0, 0.1) is 0 Å². The highest BCUT2D eigenvalue weighted by Crippen LogP contribution is 2.37. The summed E-state index contributed by atoms with van der Waals surface area (Å²) in [4.78, 5) is 30.3. The number of aromatic nitrogens is 2. The summed E-state index contributed by atoms with van der Waals surface area (Å²) >= 11 is 1.38. The van der Waals surface area contributed by atoms with Crippen LogP contribution in [0.25, 0.3) is 16.2 Å². The monoisotopic (exact) mass is 476 g/mol. The highest BCUT2D eigenvalue weighted by molar-refractivity contribution is 7.17. The molecule has 4 aromatic rings. The Balaban J connectivity index is 1.74. The van der Waals surface area contributed by atoms with Crippen molar-refractivity contribution in [1.82, 2.24) is 9.38 Å². The lowest BCUT2D eigenvalue weighted by molar-refractivity contribution is -0.142. The SMILES string of the molecule is CCOC(=O)Cc1cn2c(C=O)c(-c3cc(C(C)CC)ccc3OCc3ccccc3)nc2s1. The van der Waals surface area contributed by atoms with Gasteiger partial charge < -0.3 is 9.47 Å². The first-order chi connectivity index (χ1) is 16.5. The van der Waals surface area contributed by atoms with Crippen LogP contribution in [0.1, 0.15) is 59.6 Å². The van der Waals surface area contributed by atoms with Crippen LogP contribution < -0.4 is 4.74 Å². The van der Waals surface area contributed by atoms with Crippen LogP contribution in [-0.2, 0) is 22.6 Å². The average molecular weight is 477 g/mol. The van der Waals surface area contributed by atoms with Crippen LogP contribution in [0.5, 0.6) is 5.75 Å². The fraction of sp³-hybridized carbons (Fsp3) is 0.296. The number of aldehydes is 1. The minimum absolute atomic E-state index is 0.157. The second-order valence-electron chi connectivity index (χ2n) is 8.13. The van der Waals surface area contributed by atoms with Crippen LogP contribution in [0.3, 0.4) is 0 Å². The molecule has 0 aliphatic heterocycles. The zero-order chi connectivity index (χ0) is 24.1. The number of hydrogen-bond acceptors (Lipinski definition) is 6. The van der Waals surface area contributed by atoms with E-state index in [1.54, 1.807) is 17.5 Å². The predicted octanol–water partition coefficient (Wildman–Crippen LogP) is 6.07. The van der Waals surface area contributed by atoms with E-state index in [0.717, 1.165) is 28.7 Å². The molecule has 0 N–H and O–H groups in total. The van der Waals surface area contributed by atoms with E-state index in [1.165, 1.54) is 16.9 Å². The zero-order valence-electron chi connectivity index (χ0n) is 19.6. The first-order valence-corrected chi connectivity index (χ1v) is 12.3. The molecular weight excluding hydrogens is 448 g/mol. The summed E-state index contributed by atoms with van der Waals surface area (Å²) in [5.74, 6) is 0.746. The molecule has 0 bridgehead atoms. The molecule has 0 amide bonds. The molecule has 0 saturated heterocycles. The first kappa shape index (κ1) is 23.7. The maximum Gasteiger partial charge on any atom is 0.311 e.